The minimum absolute atomic E-state index is 0.0389. The van der Waals surface area contributed by atoms with Gasteiger partial charge in [-0.2, -0.15) is 0 Å². The van der Waals surface area contributed by atoms with Gasteiger partial charge in [-0.05, 0) is 22.9 Å². The summed E-state index contributed by atoms with van der Waals surface area (Å²) in [5.41, 5.74) is 0.0389. The van der Waals surface area contributed by atoms with Gasteiger partial charge in [-0.1, -0.05) is 39.0 Å². The van der Waals surface area contributed by atoms with Gasteiger partial charge in [0.25, 0.3) is 0 Å². The van der Waals surface area contributed by atoms with Crippen LogP contribution in [0.2, 0.25) is 0 Å². The number of aliphatic hydroxyl groups excluding tert-OH is 1. The van der Waals surface area contributed by atoms with Gasteiger partial charge in [0, 0.05) is 36.8 Å². The molecule has 0 saturated carbocycles. The van der Waals surface area contributed by atoms with E-state index >= 15 is 0 Å². The minimum atomic E-state index is -0.572. The summed E-state index contributed by atoms with van der Waals surface area (Å²) in [5, 5.41) is 18.1. The van der Waals surface area contributed by atoms with Crippen molar-refractivity contribution in [2.24, 2.45) is 10.4 Å². The van der Waals surface area contributed by atoms with E-state index in [2.05, 4.69) is 48.5 Å². The molecule has 0 spiro atoms. The van der Waals surface area contributed by atoms with Gasteiger partial charge in [-0.15, -0.1) is 11.3 Å². The van der Waals surface area contributed by atoms with Crippen molar-refractivity contribution in [3.8, 4) is 0 Å². The van der Waals surface area contributed by atoms with Gasteiger partial charge >= 0.3 is 0 Å². The van der Waals surface area contributed by atoms with Gasteiger partial charge in [0.15, 0.2) is 5.96 Å². The van der Waals surface area contributed by atoms with E-state index in [1.54, 1.807) is 25.5 Å². The van der Waals surface area contributed by atoms with Gasteiger partial charge in [0.1, 0.15) is 6.10 Å². The third-order valence-electron chi connectivity index (χ3n) is 4.16. The molecule has 2 rings (SSSR count). The molecule has 0 amide bonds. The molecule has 2 unspecified atom stereocenters. The first-order valence-electron chi connectivity index (χ1n) is 8.49. The van der Waals surface area contributed by atoms with Crippen molar-refractivity contribution < 1.29 is 9.84 Å². The molecule has 5 nitrogen and oxygen atoms in total. The quantitative estimate of drug-likeness (QED) is 0.545. The molecule has 0 saturated heterocycles. The lowest BCUT2D eigenvalue weighted by molar-refractivity contribution is 0.0205. The molecule has 2 atom stereocenters. The smallest absolute Gasteiger partial charge is 0.191 e. The normalized spacial score (nSPS) is 15.2. The molecule has 0 aliphatic rings. The van der Waals surface area contributed by atoms with Gasteiger partial charge in [0.05, 0.1) is 6.10 Å². The Balaban J connectivity index is 1.89. The topological polar surface area (TPSA) is 65.9 Å². The van der Waals surface area contributed by atoms with Crippen LogP contribution in [0.25, 0.3) is 10.1 Å². The lowest BCUT2D eigenvalue weighted by Crippen LogP contribution is -2.46. The predicted octanol–water partition coefficient (Wildman–Crippen LogP) is 3.16. The van der Waals surface area contributed by atoms with Crippen molar-refractivity contribution >= 4 is 27.4 Å². The summed E-state index contributed by atoms with van der Waals surface area (Å²) in [7, 11) is 3.44. The number of benzene rings is 1. The molecule has 0 radical (unpaired) electrons. The van der Waals surface area contributed by atoms with E-state index in [4.69, 9.17) is 4.74 Å². The van der Waals surface area contributed by atoms with E-state index in [1.165, 1.54) is 4.70 Å². The average Bonchev–Trinajstić information content (AvgIpc) is 3.00. The zero-order chi connectivity index (χ0) is 18.4. The Morgan fingerprint density at radius 1 is 1.24 bits per heavy atom. The largest absolute Gasteiger partial charge is 0.386 e. The van der Waals surface area contributed by atoms with Crippen LogP contribution in [0.5, 0.6) is 0 Å². The molecule has 6 heteroatoms. The fraction of sp³-hybridized carbons (Fsp3) is 0.526. The highest BCUT2D eigenvalue weighted by Gasteiger charge is 2.24. The van der Waals surface area contributed by atoms with Gasteiger partial charge in [-0.25, -0.2) is 0 Å². The summed E-state index contributed by atoms with van der Waals surface area (Å²) in [6.07, 6.45) is -0.504. The van der Waals surface area contributed by atoms with Crippen molar-refractivity contribution in [1.29, 1.82) is 0 Å². The molecule has 0 fully saturated rings. The number of hydrogen-bond acceptors (Lipinski definition) is 4. The van der Waals surface area contributed by atoms with Gasteiger partial charge in [-0.3, -0.25) is 4.99 Å². The molecule has 0 bridgehead atoms. The summed E-state index contributed by atoms with van der Waals surface area (Å²) in [5.74, 6) is 0.659. The molecular weight excluding hydrogens is 334 g/mol. The standard InChI is InChI=1S/C19H29N3O2S/c1-19(2,3)17(24-5)12-22-18(20-4)21-11-14(23)16-10-13-8-6-7-9-15(13)25-16/h6-10,14,17,23H,11-12H2,1-5H3,(H2,20,21,22). The van der Waals surface area contributed by atoms with Crippen LogP contribution in [-0.4, -0.2) is 44.4 Å². The number of guanidine groups is 1. The Kier molecular flexibility index (Phi) is 6.81. The zero-order valence-electron chi connectivity index (χ0n) is 15.7. The summed E-state index contributed by atoms with van der Waals surface area (Å²) in [6.45, 7) is 7.48. The highest BCUT2D eigenvalue weighted by Crippen LogP contribution is 2.29. The zero-order valence-corrected chi connectivity index (χ0v) is 16.5. The molecule has 1 aromatic heterocycles. The molecule has 1 aromatic carbocycles. The third-order valence-corrected chi connectivity index (χ3v) is 5.38. The van der Waals surface area contributed by atoms with Crippen LogP contribution < -0.4 is 10.6 Å². The summed E-state index contributed by atoms with van der Waals surface area (Å²) in [4.78, 5) is 5.17. The first-order chi connectivity index (χ1) is 11.8. The molecule has 0 aliphatic heterocycles. The maximum Gasteiger partial charge on any atom is 0.191 e. The van der Waals surface area contributed by atoms with Crippen LogP contribution in [0.4, 0.5) is 0 Å². The Morgan fingerprint density at radius 3 is 2.52 bits per heavy atom. The average molecular weight is 364 g/mol. The predicted molar refractivity (Wildman–Crippen MR) is 106 cm³/mol. The fourth-order valence-corrected chi connectivity index (χ4v) is 3.66. The van der Waals surface area contributed by atoms with E-state index < -0.39 is 6.10 Å². The molecular formula is C19H29N3O2S. The molecule has 1 heterocycles. The van der Waals surface area contributed by atoms with Gasteiger partial charge in [0.2, 0.25) is 0 Å². The molecule has 25 heavy (non-hydrogen) atoms. The van der Waals surface area contributed by atoms with Crippen molar-refractivity contribution in [3.05, 3.63) is 35.2 Å². The number of nitrogens with zero attached hydrogens (tertiary/aromatic N) is 1. The number of ether oxygens (including phenoxy) is 1. The number of aliphatic imine (C=N–C) groups is 1. The SMILES string of the molecule is CN=C(NCC(O)c1cc2ccccc2s1)NCC(OC)C(C)(C)C. The summed E-state index contributed by atoms with van der Waals surface area (Å²) in [6, 6.07) is 10.2. The van der Waals surface area contributed by atoms with Crippen LogP contribution in [0, 0.1) is 5.41 Å². The molecule has 0 aliphatic carbocycles. The van der Waals surface area contributed by atoms with E-state index in [-0.39, 0.29) is 11.5 Å². The maximum absolute atomic E-state index is 10.5. The summed E-state index contributed by atoms with van der Waals surface area (Å²) < 4.78 is 6.73. The van der Waals surface area contributed by atoms with E-state index in [1.807, 2.05) is 18.2 Å². The fourth-order valence-electron chi connectivity index (χ4n) is 2.61. The minimum Gasteiger partial charge on any atom is -0.386 e. The summed E-state index contributed by atoms with van der Waals surface area (Å²) >= 11 is 1.62. The monoisotopic (exact) mass is 363 g/mol. The van der Waals surface area contributed by atoms with Gasteiger partial charge < -0.3 is 20.5 Å². The lowest BCUT2D eigenvalue weighted by atomic mass is 9.89. The Hall–Kier alpha value is -1.63. The Bertz CT molecular complexity index is 673. The second kappa shape index (κ2) is 8.65. The van der Waals surface area contributed by atoms with Crippen molar-refractivity contribution in [2.75, 3.05) is 27.2 Å². The van der Waals surface area contributed by atoms with E-state index in [9.17, 15) is 5.11 Å². The molecule has 138 valence electrons. The van der Waals surface area contributed by atoms with Crippen molar-refractivity contribution in [3.63, 3.8) is 0 Å². The number of aliphatic hydroxyl groups is 1. The number of rotatable bonds is 6. The first kappa shape index (κ1) is 19.7. The first-order valence-corrected chi connectivity index (χ1v) is 9.30. The molecule has 2 aromatic rings. The number of hydrogen-bond donors (Lipinski definition) is 3. The molecule has 3 N–H and O–H groups in total. The van der Waals surface area contributed by atoms with Crippen LogP contribution in [0.1, 0.15) is 31.8 Å². The lowest BCUT2D eigenvalue weighted by Gasteiger charge is -2.30. The Morgan fingerprint density at radius 2 is 1.92 bits per heavy atom. The number of thiophene rings is 1. The van der Waals surface area contributed by atoms with Crippen LogP contribution in [0.15, 0.2) is 35.3 Å². The number of fused-ring (bicyclic) bond motifs is 1. The van der Waals surface area contributed by atoms with Crippen LogP contribution >= 0.6 is 11.3 Å². The second-order valence-corrected chi connectivity index (χ2v) is 8.24. The van der Waals surface area contributed by atoms with Crippen molar-refractivity contribution in [2.45, 2.75) is 33.0 Å². The van der Waals surface area contributed by atoms with Crippen LogP contribution in [-0.2, 0) is 4.74 Å². The number of methoxy groups -OCH3 is 1. The van der Waals surface area contributed by atoms with E-state index in [0.29, 0.717) is 19.0 Å². The van der Waals surface area contributed by atoms with Crippen molar-refractivity contribution in [1.82, 2.24) is 10.6 Å². The van der Waals surface area contributed by atoms with E-state index in [0.717, 1.165) is 10.3 Å². The highest BCUT2D eigenvalue weighted by molar-refractivity contribution is 7.19. The maximum atomic E-state index is 10.5. The van der Waals surface area contributed by atoms with Crippen LogP contribution in [0.3, 0.4) is 0 Å². The Labute approximate surface area is 154 Å². The highest BCUT2D eigenvalue weighted by atomic mass is 32.1. The third kappa shape index (κ3) is 5.42. The number of nitrogens with one attached hydrogen (secondary N) is 2. The second-order valence-electron chi connectivity index (χ2n) is 7.13.